The van der Waals surface area contributed by atoms with Crippen molar-refractivity contribution in [1.82, 2.24) is 0 Å². The number of aryl methyl sites for hydroxylation is 1. The maximum atomic E-state index is 13.5. The van der Waals surface area contributed by atoms with E-state index in [-0.39, 0.29) is 18.0 Å². The first kappa shape index (κ1) is 17.9. The van der Waals surface area contributed by atoms with E-state index in [1.807, 2.05) is 19.1 Å². The summed E-state index contributed by atoms with van der Waals surface area (Å²) in [7, 11) is 0. The molecule has 0 saturated carbocycles. The van der Waals surface area contributed by atoms with Gasteiger partial charge in [-0.05, 0) is 36.1 Å². The van der Waals surface area contributed by atoms with Gasteiger partial charge in [0.1, 0.15) is 11.6 Å². The van der Waals surface area contributed by atoms with Crippen molar-refractivity contribution in [2.45, 2.75) is 33.1 Å². The third-order valence-electron chi connectivity index (χ3n) is 3.79. The average molecular weight is 332 g/mol. The van der Waals surface area contributed by atoms with Crippen molar-refractivity contribution >= 4 is 17.3 Å². The predicted octanol–water partition coefficient (Wildman–Crippen LogP) is 4.84. The van der Waals surface area contributed by atoms with E-state index in [0.29, 0.717) is 12.5 Å². The van der Waals surface area contributed by atoms with Crippen LogP contribution in [0.1, 0.15) is 37.3 Å². The molecule has 0 unspecified atom stereocenters. The molecule has 0 saturated heterocycles. The van der Waals surface area contributed by atoms with E-state index >= 15 is 0 Å². The Morgan fingerprint density at radius 1 is 1.17 bits per heavy atom. The lowest BCUT2D eigenvalue weighted by atomic mass is 9.98. The van der Waals surface area contributed by atoms with Crippen LogP contribution in [0, 0.1) is 18.6 Å². The third kappa shape index (κ3) is 4.54. The summed E-state index contributed by atoms with van der Waals surface area (Å²) in [5.41, 5.74) is 3.33. The van der Waals surface area contributed by atoms with Crippen LogP contribution >= 0.6 is 0 Å². The summed E-state index contributed by atoms with van der Waals surface area (Å²) in [6.07, 6.45) is 0.183. The largest absolute Gasteiger partial charge is 0.384 e. The SMILES string of the molecule is Cc1cccc(C(C)C)c1NCCC(=O)Nc1ccc(F)cc1F. The normalized spacial score (nSPS) is 10.8. The fourth-order valence-corrected chi connectivity index (χ4v) is 2.52. The molecular formula is C19H22F2N2O. The van der Waals surface area contributed by atoms with Gasteiger partial charge in [0.05, 0.1) is 5.69 Å². The van der Waals surface area contributed by atoms with Gasteiger partial charge in [0, 0.05) is 24.7 Å². The zero-order valence-corrected chi connectivity index (χ0v) is 14.1. The van der Waals surface area contributed by atoms with Gasteiger partial charge in [-0.2, -0.15) is 0 Å². The van der Waals surface area contributed by atoms with Gasteiger partial charge < -0.3 is 10.6 Å². The molecule has 24 heavy (non-hydrogen) atoms. The summed E-state index contributed by atoms with van der Waals surface area (Å²) in [5, 5.41) is 5.74. The van der Waals surface area contributed by atoms with Crippen LogP contribution in [0.25, 0.3) is 0 Å². The first-order chi connectivity index (χ1) is 11.4. The highest BCUT2D eigenvalue weighted by atomic mass is 19.1. The second kappa shape index (κ2) is 7.90. The summed E-state index contributed by atoms with van der Waals surface area (Å²) in [5.74, 6) is -1.41. The number of para-hydroxylation sites is 1. The number of carbonyl (C=O) groups excluding carboxylic acids is 1. The molecule has 0 spiro atoms. The van der Waals surface area contributed by atoms with E-state index in [0.717, 1.165) is 23.4 Å². The molecule has 0 radical (unpaired) electrons. The molecule has 2 aromatic carbocycles. The molecule has 0 fully saturated rings. The lowest BCUT2D eigenvalue weighted by Gasteiger charge is -2.17. The molecule has 0 aliphatic heterocycles. The topological polar surface area (TPSA) is 41.1 Å². The van der Waals surface area contributed by atoms with Gasteiger partial charge >= 0.3 is 0 Å². The molecule has 0 atom stereocenters. The van der Waals surface area contributed by atoms with Gasteiger partial charge in [0.25, 0.3) is 0 Å². The van der Waals surface area contributed by atoms with Crippen LogP contribution in [0.4, 0.5) is 20.2 Å². The van der Waals surface area contributed by atoms with Gasteiger partial charge in [0.15, 0.2) is 0 Å². The Balaban J connectivity index is 1.94. The van der Waals surface area contributed by atoms with Crippen molar-refractivity contribution in [3.8, 4) is 0 Å². The maximum Gasteiger partial charge on any atom is 0.226 e. The molecule has 128 valence electrons. The van der Waals surface area contributed by atoms with Gasteiger partial charge in [0.2, 0.25) is 5.91 Å². The van der Waals surface area contributed by atoms with E-state index in [1.54, 1.807) is 0 Å². The molecule has 3 nitrogen and oxygen atoms in total. The Kier molecular flexibility index (Phi) is 5.90. The number of rotatable bonds is 6. The van der Waals surface area contributed by atoms with Gasteiger partial charge in [-0.1, -0.05) is 32.0 Å². The Morgan fingerprint density at radius 2 is 1.92 bits per heavy atom. The minimum atomic E-state index is -0.780. The van der Waals surface area contributed by atoms with Crippen molar-refractivity contribution in [3.05, 3.63) is 59.2 Å². The van der Waals surface area contributed by atoms with Crippen molar-refractivity contribution in [3.63, 3.8) is 0 Å². The molecule has 5 heteroatoms. The molecular weight excluding hydrogens is 310 g/mol. The Hall–Kier alpha value is -2.43. The number of carbonyl (C=O) groups is 1. The van der Waals surface area contributed by atoms with E-state index in [9.17, 15) is 13.6 Å². The van der Waals surface area contributed by atoms with Crippen molar-refractivity contribution in [2.75, 3.05) is 17.2 Å². The summed E-state index contributed by atoms with van der Waals surface area (Å²) >= 11 is 0. The van der Waals surface area contributed by atoms with Crippen LogP contribution in [0.5, 0.6) is 0 Å². The van der Waals surface area contributed by atoms with Crippen LogP contribution in [-0.2, 0) is 4.79 Å². The Labute approximate surface area is 141 Å². The van der Waals surface area contributed by atoms with E-state index in [4.69, 9.17) is 0 Å². The van der Waals surface area contributed by atoms with Crippen LogP contribution in [0.3, 0.4) is 0 Å². The molecule has 2 rings (SSSR count). The third-order valence-corrected chi connectivity index (χ3v) is 3.79. The highest BCUT2D eigenvalue weighted by Crippen LogP contribution is 2.27. The molecule has 0 aliphatic carbocycles. The molecule has 0 bridgehead atoms. The maximum absolute atomic E-state index is 13.5. The lowest BCUT2D eigenvalue weighted by Crippen LogP contribution is -2.18. The number of halogens is 2. The molecule has 2 aromatic rings. The standard InChI is InChI=1S/C19H22F2N2O/c1-12(2)15-6-4-5-13(3)19(15)22-10-9-18(24)23-17-8-7-14(20)11-16(17)21/h4-8,11-12,22H,9-10H2,1-3H3,(H,23,24). The van der Waals surface area contributed by atoms with Gasteiger partial charge in [-0.15, -0.1) is 0 Å². The van der Waals surface area contributed by atoms with Gasteiger partial charge in [-0.3, -0.25) is 4.79 Å². The molecule has 1 amide bonds. The number of amides is 1. The summed E-state index contributed by atoms with van der Waals surface area (Å²) in [4.78, 5) is 11.9. The summed E-state index contributed by atoms with van der Waals surface area (Å²) in [6.45, 7) is 6.68. The number of nitrogens with one attached hydrogen (secondary N) is 2. The lowest BCUT2D eigenvalue weighted by molar-refractivity contribution is -0.116. The van der Waals surface area contributed by atoms with E-state index in [1.165, 1.54) is 11.6 Å². The summed E-state index contributed by atoms with van der Waals surface area (Å²) < 4.78 is 26.4. The van der Waals surface area contributed by atoms with Crippen molar-refractivity contribution in [1.29, 1.82) is 0 Å². The number of hydrogen-bond donors (Lipinski definition) is 2. The van der Waals surface area contributed by atoms with Crippen LogP contribution in [0.2, 0.25) is 0 Å². The average Bonchev–Trinajstić information content (AvgIpc) is 2.51. The Morgan fingerprint density at radius 3 is 2.58 bits per heavy atom. The predicted molar refractivity (Wildman–Crippen MR) is 93.4 cm³/mol. The van der Waals surface area contributed by atoms with Gasteiger partial charge in [-0.25, -0.2) is 8.78 Å². The Bertz CT molecular complexity index is 729. The highest BCUT2D eigenvalue weighted by molar-refractivity contribution is 5.91. The quantitative estimate of drug-likeness (QED) is 0.795. The number of anilines is 2. The monoisotopic (exact) mass is 332 g/mol. The first-order valence-electron chi connectivity index (χ1n) is 7.96. The van der Waals surface area contributed by atoms with Crippen LogP contribution in [-0.4, -0.2) is 12.5 Å². The van der Waals surface area contributed by atoms with E-state index < -0.39 is 11.6 Å². The minimum absolute atomic E-state index is 0.0137. The number of hydrogen-bond acceptors (Lipinski definition) is 2. The smallest absolute Gasteiger partial charge is 0.226 e. The zero-order chi connectivity index (χ0) is 17.7. The fourth-order valence-electron chi connectivity index (χ4n) is 2.52. The van der Waals surface area contributed by atoms with Crippen LogP contribution < -0.4 is 10.6 Å². The number of benzene rings is 2. The zero-order valence-electron chi connectivity index (χ0n) is 14.1. The molecule has 0 heterocycles. The highest BCUT2D eigenvalue weighted by Gasteiger charge is 2.11. The van der Waals surface area contributed by atoms with Crippen molar-refractivity contribution in [2.24, 2.45) is 0 Å². The fraction of sp³-hybridized carbons (Fsp3) is 0.316. The second-order valence-corrected chi connectivity index (χ2v) is 6.04. The summed E-state index contributed by atoms with van der Waals surface area (Å²) in [6, 6.07) is 9.17. The first-order valence-corrected chi connectivity index (χ1v) is 7.96. The molecule has 2 N–H and O–H groups in total. The molecule has 0 aromatic heterocycles. The second-order valence-electron chi connectivity index (χ2n) is 6.04. The van der Waals surface area contributed by atoms with Crippen LogP contribution in [0.15, 0.2) is 36.4 Å². The van der Waals surface area contributed by atoms with E-state index in [2.05, 4.69) is 30.5 Å². The van der Waals surface area contributed by atoms with Crippen molar-refractivity contribution < 1.29 is 13.6 Å². The minimum Gasteiger partial charge on any atom is -0.384 e. The molecule has 0 aliphatic rings.